The maximum Gasteiger partial charge on any atom is 0.201 e. The summed E-state index contributed by atoms with van der Waals surface area (Å²) in [5, 5.41) is 9.28. The molecule has 0 aromatic carbocycles. The first-order chi connectivity index (χ1) is 7.81. The summed E-state index contributed by atoms with van der Waals surface area (Å²) in [6, 6.07) is 0. The minimum absolute atomic E-state index is 0.166. The second-order valence-corrected chi connectivity index (χ2v) is 4.25. The second-order valence-electron chi connectivity index (χ2n) is 4.25. The lowest BCUT2D eigenvalue weighted by atomic mass is 10.1. The second kappa shape index (κ2) is 12.4. The van der Waals surface area contributed by atoms with E-state index in [2.05, 4.69) is 19.1 Å². The third-order valence-corrected chi connectivity index (χ3v) is 2.60. The van der Waals surface area contributed by atoms with Crippen molar-refractivity contribution < 1.29 is 9.90 Å². The monoisotopic (exact) mass is 225 g/mol. The van der Waals surface area contributed by atoms with Crippen molar-refractivity contribution in [3.05, 3.63) is 12.2 Å². The molecular formula is C14H25O2. The van der Waals surface area contributed by atoms with Gasteiger partial charge in [0.1, 0.15) is 0 Å². The van der Waals surface area contributed by atoms with E-state index in [1.165, 1.54) is 32.1 Å². The summed E-state index contributed by atoms with van der Waals surface area (Å²) >= 11 is 0. The van der Waals surface area contributed by atoms with Crippen molar-refractivity contribution in [2.75, 3.05) is 0 Å². The maximum atomic E-state index is 9.98. The average Bonchev–Trinajstić information content (AvgIpc) is 2.27. The Bertz CT molecular complexity index is 176. The summed E-state index contributed by atoms with van der Waals surface area (Å²) in [7, 11) is 0. The third-order valence-electron chi connectivity index (χ3n) is 2.60. The van der Waals surface area contributed by atoms with Crippen molar-refractivity contribution in [1.82, 2.24) is 0 Å². The van der Waals surface area contributed by atoms with Gasteiger partial charge in [-0.05, 0) is 25.7 Å². The van der Waals surface area contributed by atoms with Crippen molar-refractivity contribution in [2.45, 2.75) is 70.8 Å². The van der Waals surface area contributed by atoms with E-state index in [9.17, 15) is 9.90 Å². The Hall–Kier alpha value is -0.630. The van der Waals surface area contributed by atoms with Gasteiger partial charge in [0.15, 0.2) is 0 Å². The Morgan fingerprint density at radius 2 is 1.81 bits per heavy atom. The number of hydrogen-bond acceptors (Lipinski definition) is 2. The highest BCUT2D eigenvalue weighted by Gasteiger charge is 2.02. The summed E-state index contributed by atoms with van der Waals surface area (Å²) < 4.78 is 0. The van der Waals surface area contributed by atoms with Crippen molar-refractivity contribution >= 4 is 6.29 Å². The molecule has 0 amide bonds. The normalized spacial score (nSPS) is 13.1. The molecule has 0 bridgehead atoms. The molecule has 0 spiro atoms. The molecule has 0 aliphatic rings. The zero-order chi connectivity index (χ0) is 12.1. The molecule has 16 heavy (non-hydrogen) atoms. The smallest absolute Gasteiger partial charge is 0.201 e. The van der Waals surface area contributed by atoms with Gasteiger partial charge in [-0.15, -0.1) is 0 Å². The van der Waals surface area contributed by atoms with E-state index in [0.717, 1.165) is 19.3 Å². The first kappa shape index (κ1) is 15.4. The van der Waals surface area contributed by atoms with E-state index in [0.29, 0.717) is 0 Å². The van der Waals surface area contributed by atoms with E-state index >= 15 is 0 Å². The fourth-order valence-electron chi connectivity index (χ4n) is 1.60. The van der Waals surface area contributed by atoms with Gasteiger partial charge in [-0.2, -0.15) is 0 Å². The molecule has 0 aliphatic heterocycles. The standard InChI is InChI=1S/C14H25O2/c1-2-3-4-5-6-7-8-9-10-11-14(16)12-13-15/h4-5,14,16H,2-3,6-12H2,1H3/b5-4+. The predicted molar refractivity (Wildman–Crippen MR) is 68.1 cm³/mol. The first-order valence-electron chi connectivity index (χ1n) is 6.49. The van der Waals surface area contributed by atoms with E-state index in [1.54, 1.807) is 6.29 Å². The highest BCUT2D eigenvalue weighted by molar-refractivity contribution is 5.51. The van der Waals surface area contributed by atoms with Gasteiger partial charge in [0, 0.05) is 6.42 Å². The van der Waals surface area contributed by atoms with E-state index in [1.807, 2.05) is 0 Å². The van der Waals surface area contributed by atoms with Gasteiger partial charge in [-0.1, -0.05) is 44.8 Å². The van der Waals surface area contributed by atoms with Crippen LogP contribution in [0.1, 0.15) is 64.7 Å². The zero-order valence-electron chi connectivity index (χ0n) is 10.5. The quantitative estimate of drug-likeness (QED) is 0.431. The molecule has 0 aromatic heterocycles. The van der Waals surface area contributed by atoms with Crippen LogP contribution < -0.4 is 0 Å². The highest BCUT2D eigenvalue weighted by atomic mass is 16.3. The largest absolute Gasteiger partial charge is 0.393 e. The summed E-state index contributed by atoms with van der Waals surface area (Å²) in [5.41, 5.74) is 0. The molecule has 1 atom stereocenters. The van der Waals surface area contributed by atoms with Crippen molar-refractivity contribution in [1.29, 1.82) is 0 Å². The number of allylic oxidation sites excluding steroid dienone is 2. The molecule has 1 N–H and O–H groups in total. The fourth-order valence-corrected chi connectivity index (χ4v) is 1.60. The molecule has 2 heteroatoms. The molecule has 2 nitrogen and oxygen atoms in total. The van der Waals surface area contributed by atoms with Crippen LogP contribution >= 0.6 is 0 Å². The van der Waals surface area contributed by atoms with Gasteiger partial charge in [0.25, 0.3) is 0 Å². The summed E-state index contributed by atoms with van der Waals surface area (Å²) in [6.45, 7) is 2.19. The summed E-state index contributed by atoms with van der Waals surface area (Å²) in [5.74, 6) is 0. The molecule has 0 saturated heterocycles. The predicted octanol–water partition coefficient (Wildman–Crippen LogP) is 3.54. The Labute approximate surface area is 99.7 Å². The fraction of sp³-hybridized carbons (Fsp3) is 0.786. The van der Waals surface area contributed by atoms with Crippen molar-refractivity contribution in [2.24, 2.45) is 0 Å². The third kappa shape index (κ3) is 11.4. The number of rotatable bonds is 11. The van der Waals surface area contributed by atoms with Gasteiger partial charge in [-0.3, -0.25) is 4.79 Å². The SMILES string of the molecule is CCC/C=C/CCCCCCC(O)C[C]=O. The van der Waals surface area contributed by atoms with E-state index < -0.39 is 6.10 Å². The van der Waals surface area contributed by atoms with Crippen LogP contribution in [-0.2, 0) is 4.79 Å². The Morgan fingerprint density at radius 1 is 1.12 bits per heavy atom. The lowest BCUT2D eigenvalue weighted by Gasteiger charge is -2.05. The molecule has 0 fully saturated rings. The summed E-state index contributed by atoms with van der Waals surface area (Å²) in [6.07, 6.45) is 14.9. The van der Waals surface area contributed by atoms with Crippen LogP contribution in [0.3, 0.4) is 0 Å². The van der Waals surface area contributed by atoms with Crippen LogP contribution in [0.25, 0.3) is 0 Å². The van der Waals surface area contributed by atoms with Gasteiger partial charge < -0.3 is 5.11 Å². The van der Waals surface area contributed by atoms with E-state index in [-0.39, 0.29) is 6.42 Å². The number of aliphatic hydroxyl groups excluding tert-OH is 1. The molecule has 1 radical (unpaired) electrons. The Morgan fingerprint density at radius 3 is 2.50 bits per heavy atom. The molecule has 1 unspecified atom stereocenters. The Balaban J connectivity index is 3.12. The van der Waals surface area contributed by atoms with Crippen LogP contribution in [0.2, 0.25) is 0 Å². The van der Waals surface area contributed by atoms with Crippen LogP contribution in [0.15, 0.2) is 12.2 Å². The van der Waals surface area contributed by atoms with Crippen LogP contribution in [0, 0.1) is 0 Å². The first-order valence-corrected chi connectivity index (χ1v) is 6.49. The zero-order valence-corrected chi connectivity index (χ0v) is 10.5. The van der Waals surface area contributed by atoms with Gasteiger partial charge in [-0.25, -0.2) is 0 Å². The van der Waals surface area contributed by atoms with Crippen molar-refractivity contribution in [3.8, 4) is 0 Å². The van der Waals surface area contributed by atoms with Gasteiger partial charge in [0.2, 0.25) is 6.29 Å². The summed E-state index contributed by atoms with van der Waals surface area (Å²) in [4.78, 5) is 9.98. The lowest BCUT2D eigenvalue weighted by molar-refractivity contribution is 0.167. The molecule has 0 aromatic rings. The number of unbranched alkanes of at least 4 members (excludes halogenated alkanes) is 5. The number of aliphatic hydroxyl groups is 1. The van der Waals surface area contributed by atoms with Crippen LogP contribution in [0.5, 0.6) is 0 Å². The Kier molecular flexibility index (Phi) is 11.9. The minimum Gasteiger partial charge on any atom is -0.393 e. The van der Waals surface area contributed by atoms with Crippen molar-refractivity contribution in [3.63, 3.8) is 0 Å². The minimum atomic E-state index is -0.470. The number of hydrogen-bond donors (Lipinski definition) is 1. The molecule has 0 rings (SSSR count). The van der Waals surface area contributed by atoms with Gasteiger partial charge >= 0.3 is 0 Å². The molecule has 0 heterocycles. The molecule has 93 valence electrons. The molecule has 0 saturated carbocycles. The van der Waals surface area contributed by atoms with Crippen LogP contribution in [-0.4, -0.2) is 17.5 Å². The molecular weight excluding hydrogens is 200 g/mol. The topological polar surface area (TPSA) is 37.3 Å². The highest BCUT2D eigenvalue weighted by Crippen LogP contribution is 2.09. The van der Waals surface area contributed by atoms with Gasteiger partial charge in [0.05, 0.1) is 6.10 Å². The molecule has 0 aliphatic carbocycles. The van der Waals surface area contributed by atoms with E-state index in [4.69, 9.17) is 0 Å². The maximum absolute atomic E-state index is 9.98. The lowest BCUT2D eigenvalue weighted by Crippen LogP contribution is -2.06. The average molecular weight is 225 g/mol. The number of carbonyl (C=O) groups excluding carboxylic acids is 1. The van der Waals surface area contributed by atoms with Crippen LogP contribution in [0.4, 0.5) is 0 Å².